The number of aliphatic hydroxyl groups is 1. The molecule has 1 aliphatic heterocycles. The van der Waals surface area contributed by atoms with Crippen molar-refractivity contribution in [3.05, 3.63) is 0 Å². The van der Waals surface area contributed by atoms with Crippen molar-refractivity contribution < 1.29 is 9.84 Å². The highest BCUT2D eigenvalue weighted by atomic mass is 32.2. The zero-order chi connectivity index (χ0) is 10.4. The van der Waals surface area contributed by atoms with Crippen LogP contribution >= 0.6 is 11.8 Å². The van der Waals surface area contributed by atoms with E-state index in [4.69, 9.17) is 4.74 Å². The van der Waals surface area contributed by atoms with Crippen molar-refractivity contribution in [3.63, 3.8) is 0 Å². The number of hydrogen-bond donors (Lipinski definition) is 1. The van der Waals surface area contributed by atoms with Crippen molar-refractivity contribution in [2.75, 3.05) is 19.0 Å². The lowest BCUT2D eigenvalue weighted by Crippen LogP contribution is -2.22. The monoisotopic (exact) mass is 218 g/mol. The maximum Gasteiger partial charge on any atom is 0.0633 e. The maximum absolute atomic E-state index is 9.79. The Labute approximate surface area is 91.4 Å². The maximum atomic E-state index is 9.79. The second kappa shape index (κ2) is 6.70. The molecule has 0 aromatic rings. The SMILES string of the molecule is CC(C)SCC(O)CC1CCOCC1. The minimum absolute atomic E-state index is 0.120. The Hall–Kier alpha value is 0.270. The molecule has 1 aliphatic rings. The highest BCUT2D eigenvalue weighted by molar-refractivity contribution is 7.99. The van der Waals surface area contributed by atoms with Crippen LogP contribution in [0.1, 0.15) is 33.1 Å². The second-order valence-corrected chi connectivity index (χ2v) is 5.94. The molecular weight excluding hydrogens is 196 g/mol. The summed E-state index contributed by atoms with van der Waals surface area (Å²) in [5, 5.41) is 10.4. The van der Waals surface area contributed by atoms with Gasteiger partial charge < -0.3 is 9.84 Å². The molecule has 1 rings (SSSR count). The lowest BCUT2D eigenvalue weighted by atomic mass is 9.94. The third kappa shape index (κ3) is 5.23. The highest BCUT2D eigenvalue weighted by Gasteiger charge is 2.17. The smallest absolute Gasteiger partial charge is 0.0633 e. The van der Waals surface area contributed by atoms with E-state index in [9.17, 15) is 5.11 Å². The Kier molecular flexibility index (Phi) is 5.90. The lowest BCUT2D eigenvalue weighted by molar-refractivity contribution is 0.0478. The second-order valence-electron chi connectivity index (χ2n) is 4.33. The molecule has 1 fully saturated rings. The van der Waals surface area contributed by atoms with Gasteiger partial charge in [0.1, 0.15) is 0 Å². The molecule has 0 bridgehead atoms. The number of hydrogen-bond acceptors (Lipinski definition) is 3. The van der Waals surface area contributed by atoms with Crippen LogP contribution in [-0.4, -0.2) is 35.4 Å². The van der Waals surface area contributed by atoms with Crippen molar-refractivity contribution in [2.45, 2.75) is 44.5 Å². The summed E-state index contributed by atoms with van der Waals surface area (Å²) in [7, 11) is 0. The quantitative estimate of drug-likeness (QED) is 0.768. The molecule has 0 aromatic heterocycles. The van der Waals surface area contributed by atoms with E-state index in [2.05, 4.69) is 13.8 Å². The standard InChI is InChI=1S/C11H22O2S/c1-9(2)14-8-11(12)7-10-3-5-13-6-4-10/h9-12H,3-8H2,1-2H3. The lowest BCUT2D eigenvalue weighted by Gasteiger charge is -2.24. The first-order valence-corrected chi connectivity index (χ1v) is 6.60. The van der Waals surface area contributed by atoms with Gasteiger partial charge in [0.2, 0.25) is 0 Å². The van der Waals surface area contributed by atoms with Crippen molar-refractivity contribution in [3.8, 4) is 0 Å². The number of ether oxygens (including phenoxy) is 1. The predicted molar refractivity (Wildman–Crippen MR) is 61.8 cm³/mol. The fourth-order valence-corrected chi connectivity index (χ4v) is 2.48. The normalized spacial score (nSPS) is 21.4. The largest absolute Gasteiger partial charge is 0.392 e. The van der Waals surface area contributed by atoms with Crippen LogP contribution in [0.15, 0.2) is 0 Å². The van der Waals surface area contributed by atoms with Crippen LogP contribution in [0.2, 0.25) is 0 Å². The third-order valence-electron chi connectivity index (χ3n) is 2.57. The van der Waals surface area contributed by atoms with Gasteiger partial charge in [-0.25, -0.2) is 0 Å². The summed E-state index contributed by atoms with van der Waals surface area (Å²) < 4.78 is 5.29. The summed E-state index contributed by atoms with van der Waals surface area (Å²) in [5.41, 5.74) is 0. The summed E-state index contributed by atoms with van der Waals surface area (Å²) in [4.78, 5) is 0. The zero-order valence-corrected chi connectivity index (χ0v) is 10.1. The van der Waals surface area contributed by atoms with Gasteiger partial charge >= 0.3 is 0 Å². The van der Waals surface area contributed by atoms with E-state index in [1.54, 1.807) is 0 Å². The Balaban J connectivity index is 2.09. The van der Waals surface area contributed by atoms with Gasteiger partial charge in [-0.15, -0.1) is 0 Å². The van der Waals surface area contributed by atoms with E-state index in [1.807, 2.05) is 11.8 Å². The molecule has 0 radical (unpaired) electrons. The van der Waals surface area contributed by atoms with E-state index in [0.717, 1.165) is 38.2 Å². The van der Waals surface area contributed by atoms with Crippen LogP contribution in [0, 0.1) is 5.92 Å². The van der Waals surface area contributed by atoms with Crippen LogP contribution in [0.3, 0.4) is 0 Å². The van der Waals surface area contributed by atoms with Crippen LogP contribution < -0.4 is 0 Å². The van der Waals surface area contributed by atoms with Gasteiger partial charge in [0.15, 0.2) is 0 Å². The molecule has 1 atom stereocenters. The Bertz CT molecular complexity index is 144. The molecule has 14 heavy (non-hydrogen) atoms. The molecule has 0 aliphatic carbocycles. The molecule has 1 saturated heterocycles. The van der Waals surface area contributed by atoms with Gasteiger partial charge in [-0.1, -0.05) is 13.8 Å². The van der Waals surface area contributed by atoms with Gasteiger partial charge in [-0.3, -0.25) is 0 Å². The minimum Gasteiger partial charge on any atom is -0.392 e. The molecule has 1 unspecified atom stereocenters. The number of thioether (sulfide) groups is 1. The van der Waals surface area contributed by atoms with Gasteiger partial charge in [0.25, 0.3) is 0 Å². The molecule has 0 aromatic carbocycles. The molecule has 0 saturated carbocycles. The first-order chi connectivity index (χ1) is 6.68. The third-order valence-corrected chi connectivity index (χ3v) is 3.81. The van der Waals surface area contributed by atoms with Crippen molar-refractivity contribution in [2.24, 2.45) is 5.92 Å². The molecule has 2 nitrogen and oxygen atoms in total. The summed E-state index contributed by atoms with van der Waals surface area (Å²) in [6.07, 6.45) is 3.10. The van der Waals surface area contributed by atoms with Crippen molar-refractivity contribution >= 4 is 11.8 Å². The Morgan fingerprint density at radius 3 is 2.57 bits per heavy atom. The van der Waals surface area contributed by atoms with E-state index < -0.39 is 0 Å². The predicted octanol–water partition coefficient (Wildman–Crippen LogP) is 2.31. The molecule has 84 valence electrons. The molecule has 0 spiro atoms. The fraction of sp³-hybridized carbons (Fsp3) is 1.00. The number of aliphatic hydroxyl groups excluding tert-OH is 1. The van der Waals surface area contributed by atoms with Gasteiger partial charge in [-0.05, 0) is 30.4 Å². The average Bonchev–Trinajstić information content (AvgIpc) is 2.16. The average molecular weight is 218 g/mol. The Morgan fingerprint density at radius 2 is 2.00 bits per heavy atom. The topological polar surface area (TPSA) is 29.5 Å². The van der Waals surface area contributed by atoms with Gasteiger partial charge in [0.05, 0.1) is 6.10 Å². The minimum atomic E-state index is -0.120. The van der Waals surface area contributed by atoms with Gasteiger partial charge in [-0.2, -0.15) is 11.8 Å². The molecule has 3 heteroatoms. The van der Waals surface area contributed by atoms with E-state index in [0.29, 0.717) is 11.2 Å². The summed E-state index contributed by atoms with van der Waals surface area (Å²) in [6.45, 7) is 6.11. The van der Waals surface area contributed by atoms with Crippen molar-refractivity contribution in [1.29, 1.82) is 0 Å². The Morgan fingerprint density at radius 1 is 1.36 bits per heavy atom. The van der Waals surface area contributed by atoms with Crippen LogP contribution in [0.25, 0.3) is 0 Å². The summed E-state index contributed by atoms with van der Waals surface area (Å²) >= 11 is 1.85. The van der Waals surface area contributed by atoms with E-state index >= 15 is 0 Å². The highest BCUT2D eigenvalue weighted by Crippen LogP contribution is 2.22. The molecular formula is C11H22O2S. The van der Waals surface area contributed by atoms with Crippen LogP contribution in [0.5, 0.6) is 0 Å². The van der Waals surface area contributed by atoms with Crippen LogP contribution in [0.4, 0.5) is 0 Å². The van der Waals surface area contributed by atoms with E-state index in [1.165, 1.54) is 0 Å². The zero-order valence-electron chi connectivity index (χ0n) is 9.24. The fourth-order valence-electron chi connectivity index (χ4n) is 1.74. The number of rotatable bonds is 5. The first kappa shape index (κ1) is 12.3. The summed E-state index contributed by atoms with van der Waals surface area (Å²) in [5.74, 6) is 1.57. The molecule has 0 amide bonds. The molecule has 1 heterocycles. The van der Waals surface area contributed by atoms with E-state index in [-0.39, 0.29) is 6.10 Å². The summed E-state index contributed by atoms with van der Waals surface area (Å²) in [6, 6.07) is 0. The first-order valence-electron chi connectivity index (χ1n) is 5.56. The van der Waals surface area contributed by atoms with Gasteiger partial charge in [0, 0.05) is 19.0 Å². The van der Waals surface area contributed by atoms with Crippen LogP contribution in [-0.2, 0) is 4.74 Å². The van der Waals surface area contributed by atoms with Crippen molar-refractivity contribution in [1.82, 2.24) is 0 Å². The molecule has 1 N–H and O–H groups in total.